The minimum Gasteiger partial charge on any atom is -0.381 e. The maximum absolute atomic E-state index is 5.55. The van der Waals surface area contributed by atoms with Crippen molar-refractivity contribution in [3.05, 3.63) is 0 Å². The molecule has 0 aromatic rings. The molecule has 0 saturated carbocycles. The third-order valence-electron chi connectivity index (χ3n) is 4.35. The van der Waals surface area contributed by atoms with Crippen LogP contribution in [-0.4, -0.2) is 50.8 Å². The summed E-state index contributed by atoms with van der Waals surface area (Å²) in [5, 5.41) is 3.55. The fourth-order valence-corrected chi connectivity index (χ4v) is 2.91. The summed E-state index contributed by atoms with van der Waals surface area (Å²) in [5.74, 6) is 0. The van der Waals surface area contributed by atoms with Crippen molar-refractivity contribution in [3.8, 4) is 0 Å². The highest BCUT2D eigenvalue weighted by atomic mass is 16.5. The Morgan fingerprint density at radius 3 is 2.50 bits per heavy atom. The Hall–Kier alpha value is -0.120. The Morgan fingerprint density at radius 1 is 1.28 bits per heavy atom. The average Bonchev–Trinajstić information content (AvgIpc) is 2.38. The number of hydrogen-bond acceptors (Lipinski definition) is 3. The van der Waals surface area contributed by atoms with Crippen molar-refractivity contribution < 1.29 is 4.74 Å². The van der Waals surface area contributed by atoms with Crippen molar-refractivity contribution in [2.45, 2.75) is 52.5 Å². The number of nitrogens with one attached hydrogen (secondary N) is 1. The molecule has 1 rings (SSSR count). The Bertz CT molecular complexity index is 215. The van der Waals surface area contributed by atoms with Gasteiger partial charge in [0.1, 0.15) is 0 Å². The van der Waals surface area contributed by atoms with Gasteiger partial charge in [0.15, 0.2) is 0 Å². The summed E-state index contributed by atoms with van der Waals surface area (Å²) >= 11 is 0. The van der Waals surface area contributed by atoms with Gasteiger partial charge in [-0.2, -0.15) is 0 Å². The Kier molecular flexibility index (Phi) is 7.20. The van der Waals surface area contributed by atoms with Gasteiger partial charge in [0.05, 0.1) is 0 Å². The molecule has 0 amide bonds. The predicted octanol–water partition coefficient (Wildman–Crippen LogP) is 2.51. The van der Waals surface area contributed by atoms with Crippen LogP contribution in [0.5, 0.6) is 0 Å². The zero-order valence-corrected chi connectivity index (χ0v) is 12.8. The van der Waals surface area contributed by atoms with Gasteiger partial charge in [-0.05, 0) is 45.2 Å². The first-order valence-corrected chi connectivity index (χ1v) is 7.62. The molecule has 0 aromatic carbocycles. The summed E-state index contributed by atoms with van der Waals surface area (Å²) in [4.78, 5) is 2.55. The van der Waals surface area contributed by atoms with Gasteiger partial charge in [-0.1, -0.05) is 20.3 Å². The van der Waals surface area contributed by atoms with Gasteiger partial charge >= 0.3 is 0 Å². The molecule has 1 aliphatic heterocycles. The van der Waals surface area contributed by atoms with Crippen LogP contribution >= 0.6 is 0 Å². The van der Waals surface area contributed by atoms with Crippen LogP contribution in [0.1, 0.15) is 46.5 Å². The minimum absolute atomic E-state index is 0.422. The molecule has 3 heteroatoms. The van der Waals surface area contributed by atoms with Crippen LogP contribution < -0.4 is 5.32 Å². The molecule has 0 radical (unpaired) electrons. The van der Waals surface area contributed by atoms with Crippen molar-refractivity contribution in [1.29, 1.82) is 0 Å². The van der Waals surface area contributed by atoms with Gasteiger partial charge < -0.3 is 15.0 Å². The molecular weight excluding hydrogens is 224 g/mol. The third-order valence-corrected chi connectivity index (χ3v) is 4.35. The molecule has 0 aliphatic carbocycles. The smallest absolute Gasteiger partial charge is 0.0472 e. The molecule has 1 heterocycles. The fraction of sp³-hybridized carbons (Fsp3) is 1.00. The molecule has 108 valence electrons. The first-order chi connectivity index (χ1) is 8.63. The fourth-order valence-electron chi connectivity index (χ4n) is 2.91. The van der Waals surface area contributed by atoms with E-state index in [1.165, 1.54) is 32.2 Å². The van der Waals surface area contributed by atoms with E-state index in [9.17, 15) is 0 Å². The Morgan fingerprint density at radius 2 is 1.94 bits per heavy atom. The monoisotopic (exact) mass is 256 g/mol. The third kappa shape index (κ3) is 4.87. The van der Waals surface area contributed by atoms with E-state index in [0.717, 1.165) is 26.3 Å². The summed E-state index contributed by atoms with van der Waals surface area (Å²) in [6.45, 7) is 12.1. The van der Waals surface area contributed by atoms with E-state index in [2.05, 4.69) is 38.0 Å². The van der Waals surface area contributed by atoms with Gasteiger partial charge in [0.2, 0.25) is 0 Å². The Balaban J connectivity index is 2.54. The van der Waals surface area contributed by atoms with Crippen LogP contribution in [-0.2, 0) is 4.74 Å². The molecule has 1 saturated heterocycles. The average molecular weight is 256 g/mol. The quantitative estimate of drug-likeness (QED) is 0.722. The second kappa shape index (κ2) is 8.13. The van der Waals surface area contributed by atoms with Crippen molar-refractivity contribution >= 4 is 0 Å². The van der Waals surface area contributed by atoms with E-state index < -0.39 is 0 Å². The van der Waals surface area contributed by atoms with E-state index in [1.807, 2.05) is 0 Å². The molecule has 1 N–H and O–H groups in total. The standard InChI is InChI=1S/C15H32N2O/c1-5-7-14(3)17(4)13-15(12-16-6-2)8-10-18-11-9-15/h14,16H,5-13H2,1-4H3. The highest BCUT2D eigenvalue weighted by molar-refractivity contribution is 4.87. The first-order valence-electron chi connectivity index (χ1n) is 7.62. The second-order valence-corrected chi connectivity index (χ2v) is 5.95. The number of rotatable bonds is 8. The summed E-state index contributed by atoms with van der Waals surface area (Å²) in [6, 6.07) is 0.691. The highest BCUT2D eigenvalue weighted by Gasteiger charge is 2.34. The topological polar surface area (TPSA) is 24.5 Å². The molecule has 1 fully saturated rings. The van der Waals surface area contributed by atoms with Gasteiger partial charge in [-0.3, -0.25) is 0 Å². The summed E-state index contributed by atoms with van der Waals surface area (Å²) in [7, 11) is 2.28. The molecular formula is C15H32N2O. The van der Waals surface area contributed by atoms with Gasteiger partial charge in [0, 0.05) is 32.3 Å². The lowest BCUT2D eigenvalue weighted by atomic mass is 9.79. The lowest BCUT2D eigenvalue weighted by Crippen LogP contribution is -2.48. The number of nitrogens with zero attached hydrogens (tertiary/aromatic N) is 1. The van der Waals surface area contributed by atoms with E-state index >= 15 is 0 Å². The molecule has 18 heavy (non-hydrogen) atoms. The summed E-state index contributed by atoms with van der Waals surface area (Å²) < 4.78 is 5.55. The summed E-state index contributed by atoms with van der Waals surface area (Å²) in [6.07, 6.45) is 4.96. The van der Waals surface area contributed by atoms with Crippen LogP contribution in [0.25, 0.3) is 0 Å². The van der Waals surface area contributed by atoms with Crippen LogP contribution in [0, 0.1) is 5.41 Å². The van der Waals surface area contributed by atoms with Crippen LogP contribution in [0.4, 0.5) is 0 Å². The SMILES string of the molecule is CCCC(C)N(C)CC1(CNCC)CCOCC1. The largest absolute Gasteiger partial charge is 0.381 e. The zero-order chi connectivity index (χ0) is 13.4. The first kappa shape index (κ1) is 15.9. The molecule has 1 unspecified atom stereocenters. The highest BCUT2D eigenvalue weighted by Crippen LogP contribution is 2.31. The lowest BCUT2D eigenvalue weighted by Gasteiger charge is -2.42. The predicted molar refractivity (Wildman–Crippen MR) is 78.0 cm³/mol. The maximum atomic E-state index is 5.55. The van der Waals surface area contributed by atoms with Crippen molar-refractivity contribution in [2.75, 3.05) is 39.9 Å². The molecule has 3 nitrogen and oxygen atoms in total. The molecule has 1 atom stereocenters. The lowest BCUT2D eigenvalue weighted by molar-refractivity contribution is -0.00590. The maximum Gasteiger partial charge on any atom is 0.0472 e. The minimum atomic E-state index is 0.422. The van der Waals surface area contributed by atoms with E-state index in [1.54, 1.807) is 0 Å². The van der Waals surface area contributed by atoms with E-state index in [-0.39, 0.29) is 0 Å². The second-order valence-electron chi connectivity index (χ2n) is 5.95. The van der Waals surface area contributed by atoms with E-state index in [0.29, 0.717) is 11.5 Å². The van der Waals surface area contributed by atoms with Gasteiger partial charge in [-0.25, -0.2) is 0 Å². The normalized spacial score (nSPS) is 21.2. The number of ether oxygens (including phenoxy) is 1. The molecule has 0 bridgehead atoms. The van der Waals surface area contributed by atoms with Crippen LogP contribution in [0.2, 0.25) is 0 Å². The number of hydrogen-bond donors (Lipinski definition) is 1. The molecule has 0 aromatic heterocycles. The molecule has 1 aliphatic rings. The van der Waals surface area contributed by atoms with E-state index in [4.69, 9.17) is 4.74 Å². The molecule has 0 spiro atoms. The van der Waals surface area contributed by atoms with Crippen LogP contribution in [0.3, 0.4) is 0 Å². The zero-order valence-electron chi connectivity index (χ0n) is 12.8. The Labute approximate surface area is 113 Å². The van der Waals surface area contributed by atoms with Crippen LogP contribution in [0.15, 0.2) is 0 Å². The van der Waals surface area contributed by atoms with Crippen molar-refractivity contribution in [2.24, 2.45) is 5.41 Å². The summed E-state index contributed by atoms with van der Waals surface area (Å²) in [5.41, 5.74) is 0.422. The van der Waals surface area contributed by atoms with Crippen molar-refractivity contribution in [3.63, 3.8) is 0 Å². The van der Waals surface area contributed by atoms with Gasteiger partial charge in [-0.15, -0.1) is 0 Å². The van der Waals surface area contributed by atoms with Gasteiger partial charge in [0.25, 0.3) is 0 Å². The van der Waals surface area contributed by atoms with Crippen molar-refractivity contribution in [1.82, 2.24) is 10.2 Å².